The molecule has 1 fully saturated rings. The highest BCUT2D eigenvalue weighted by Gasteiger charge is 2.25. The first-order valence-electron chi connectivity index (χ1n) is 9.86. The smallest absolute Gasteiger partial charge is 0.257 e. The van der Waals surface area contributed by atoms with Gasteiger partial charge in [-0.1, -0.05) is 24.3 Å². The van der Waals surface area contributed by atoms with E-state index >= 15 is 0 Å². The molecule has 150 valence electrons. The van der Waals surface area contributed by atoms with Gasteiger partial charge < -0.3 is 9.64 Å². The van der Waals surface area contributed by atoms with Crippen molar-refractivity contribution in [3.05, 3.63) is 77.9 Å². The number of benzene rings is 2. The van der Waals surface area contributed by atoms with Crippen molar-refractivity contribution < 1.29 is 13.9 Å². The molecule has 2 aromatic carbocycles. The van der Waals surface area contributed by atoms with Gasteiger partial charge in [0.15, 0.2) is 0 Å². The van der Waals surface area contributed by atoms with Gasteiger partial charge >= 0.3 is 0 Å². The number of nitrogens with zero attached hydrogens (tertiary/aromatic N) is 3. The van der Waals surface area contributed by atoms with Crippen LogP contribution in [0.15, 0.2) is 60.9 Å². The molecule has 5 nitrogen and oxygen atoms in total. The molecule has 29 heavy (non-hydrogen) atoms. The van der Waals surface area contributed by atoms with Crippen molar-refractivity contribution in [1.82, 2.24) is 14.7 Å². The van der Waals surface area contributed by atoms with E-state index in [2.05, 4.69) is 17.2 Å². The third-order valence-electron chi connectivity index (χ3n) is 5.51. The molecule has 0 N–H and O–H groups in total. The Labute approximate surface area is 169 Å². The van der Waals surface area contributed by atoms with Crippen LogP contribution in [0.1, 0.15) is 28.8 Å². The van der Waals surface area contributed by atoms with Gasteiger partial charge in [0.05, 0.1) is 18.9 Å². The van der Waals surface area contributed by atoms with Crippen molar-refractivity contribution in [2.75, 3.05) is 20.2 Å². The number of carbonyl (C=O) groups is 1. The summed E-state index contributed by atoms with van der Waals surface area (Å²) >= 11 is 0. The van der Waals surface area contributed by atoms with Gasteiger partial charge in [-0.2, -0.15) is 5.10 Å². The molecule has 0 atom stereocenters. The van der Waals surface area contributed by atoms with E-state index in [0.717, 1.165) is 38.1 Å². The summed E-state index contributed by atoms with van der Waals surface area (Å²) in [5, 5.41) is 4.17. The summed E-state index contributed by atoms with van der Waals surface area (Å²) in [5.41, 5.74) is 2.12. The first-order valence-corrected chi connectivity index (χ1v) is 9.86. The number of carbonyl (C=O) groups excluding carboxylic acids is 1. The number of methoxy groups -OCH3 is 1. The second kappa shape index (κ2) is 8.47. The molecule has 1 amide bonds. The summed E-state index contributed by atoms with van der Waals surface area (Å²) < 4.78 is 20.6. The van der Waals surface area contributed by atoms with Crippen LogP contribution in [0.3, 0.4) is 0 Å². The second-order valence-electron chi connectivity index (χ2n) is 7.41. The molecule has 2 heterocycles. The summed E-state index contributed by atoms with van der Waals surface area (Å²) in [6.07, 6.45) is 6.07. The third kappa shape index (κ3) is 4.31. The highest BCUT2D eigenvalue weighted by Crippen LogP contribution is 2.24. The van der Waals surface area contributed by atoms with Crippen LogP contribution in [0.25, 0.3) is 5.69 Å². The van der Waals surface area contributed by atoms with E-state index < -0.39 is 0 Å². The van der Waals surface area contributed by atoms with E-state index in [0.29, 0.717) is 17.2 Å². The van der Waals surface area contributed by atoms with Gasteiger partial charge in [0.1, 0.15) is 17.3 Å². The van der Waals surface area contributed by atoms with Crippen LogP contribution in [0, 0.1) is 11.7 Å². The first kappa shape index (κ1) is 19.2. The lowest BCUT2D eigenvalue weighted by molar-refractivity contribution is 0.0690. The molecular formula is C23H24FN3O2. The van der Waals surface area contributed by atoms with Crippen molar-refractivity contribution in [2.45, 2.75) is 19.3 Å². The number of aromatic nitrogens is 2. The number of rotatable bonds is 5. The maximum absolute atomic E-state index is 13.9. The Balaban J connectivity index is 1.35. The summed E-state index contributed by atoms with van der Waals surface area (Å²) in [6.45, 7) is 1.45. The van der Waals surface area contributed by atoms with Crippen LogP contribution in [0.4, 0.5) is 4.39 Å². The second-order valence-corrected chi connectivity index (χ2v) is 7.41. The highest BCUT2D eigenvalue weighted by atomic mass is 19.1. The maximum Gasteiger partial charge on any atom is 0.257 e. The quantitative estimate of drug-likeness (QED) is 0.655. The van der Waals surface area contributed by atoms with Gasteiger partial charge in [-0.25, -0.2) is 9.07 Å². The predicted molar refractivity (Wildman–Crippen MR) is 109 cm³/mol. The average Bonchev–Trinajstić information content (AvgIpc) is 3.25. The first-order chi connectivity index (χ1) is 14.1. The number of hydrogen-bond acceptors (Lipinski definition) is 3. The number of amides is 1. The minimum absolute atomic E-state index is 0.0458. The lowest BCUT2D eigenvalue weighted by Crippen LogP contribution is -2.38. The van der Waals surface area contributed by atoms with Gasteiger partial charge in [0.2, 0.25) is 0 Å². The summed E-state index contributed by atoms with van der Waals surface area (Å²) in [7, 11) is 1.67. The Kier molecular flexibility index (Phi) is 5.60. The fraction of sp³-hybridized carbons (Fsp3) is 0.304. The number of ether oxygens (including phenoxy) is 1. The van der Waals surface area contributed by atoms with Crippen molar-refractivity contribution >= 4 is 5.91 Å². The van der Waals surface area contributed by atoms with Crippen LogP contribution >= 0.6 is 0 Å². The van der Waals surface area contributed by atoms with Crippen molar-refractivity contribution in [3.63, 3.8) is 0 Å². The molecule has 1 saturated heterocycles. The Morgan fingerprint density at radius 2 is 1.86 bits per heavy atom. The van der Waals surface area contributed by atoms with Crippen molar-refractivity contribution in [2.24, 2.45) is 5.92 Å². The molecule has 3 aromatic rings. The largest absolute Gasteiger partial charge is 0.497 e. The molecule has 0 aliphatic carbocycles. The highest BCUT2D eigenvalue weighted by molar-refractivity contribution is 5.93. The standard InChI is InChI=1S/C23H24FN3O2/c1-29-20-8-6-17(7-9-20)14-18-10-12-26(13-11-18)23(28)19-15-25-27(16-19)22-5-3-2-4-21(22)24/h2-9,15-16,18H,10-14H2,1H3. The zero-order valence-corrected chi connectivity index (χ0v) is 16.4. The third-order valence-corrected chi connectivity index (χ3v) is 5.51. The van der Waals surface area contributed by atoms with E-state index in [9.17, 15) is 9.18 Å². The molecule has 1 aliphatic heterocycles. The van der Waals surface area contributed by atoms with Gasteiger partial charge in [0.25, 0.3) is 5.91 Å². The fourth-order valence-corrected chi connectivity index (χ4v) is 3.82. The molecule has 6 heteroatoms. The monoisotopic (exact) mass is 393 g/mol. The zero-order chi connectivity index (χ0) is 20.2. The minimum Gasteiger partial charge on any atom is -0.497 e. The summed E-state index contributed by atoms with van der Waals surface area (Å²) in [6, 6.07) is 14.6. The SMILES string of the molecule is COc1ccc(CC2CCN(C(=O)c3cnn(-c4ccccc4F)c3)CC2)cc1. The normalized spacial score (nSPS) is 14.8. The molecule has 0 radical (unpaired) electrons. The van der Waals surface area contributed by atoms with E-state index in [1.807, 2.05) is 17.0 Å². The topological polar surface area (TPSA) is 47.4 Å². The molecule has 0 bridgehead atoms. The van der Waals surface area contributed by atoms with E-state index in [1.165, 1.54) is 22.5 Å². The van der Waals surface area contributed by atoms with Crippen LogP contribution in [0.2, 0.25) is 0 Å². The number of likely N-dealkylation sites (tertiary alicyclic amines) is 1. The van der Waals surface area contributed by atoms with Crippen LogP contribution in [0.5, 0.6) is 5.75 Å². The molecule has 0 spiro atoms. The fourth-order valence-electron chi connectivity index (χ4n) is 3.82. The Morgan fingerprint density at radius 3 is 2.55 bits per heavy atom. The van der Waals surface area contributed by atoms with E-state index in [1.54, 1.807) is 31.5 Å². The van der Waals surface area contributed by atoms with Gasteiger partial charge in [-0.15, -0.1) is 0 Å². The van der Waals surface area contributed by atoms with Crippen molar-refractivity contribution in [1.29, 1.82) is 0 Å². The van der Waals surface area contributed by atoms with E-state index in [-0.39, 0.29) is 11.7 Å². The summed E-state index contributed by atoms with van der Waals surface area (Å²) in [5.74, 6) is 1.02. The van der Waals surface area contributed by atoms with Crippen molar-refractivity contribution in [3.8, 4) is 11.4 Å². The maximum atomic E-state index is 13.9. The van der Waals surface area contributed by atoms with Crippen LogP contribution in [-0.4, -0.2) is 40.8 Å². The molecule has 1 aliphatic rings. The van der Waals surface area contributed by atoms with Gasteiger partial charge in [-0.05, 0) is 55.0 Å². The average molecular weight is 393 g/mol. The number of para-hydroxylation sites is 1. The molecule has 0 unspecified atom stereocenters. The summed E-state index contributed by atoms with van der Waals surface area (Å²) in [4.78, 5) is 14.7. The number of halogens is 1. The predicted octanol–water partition coefficient (Wildman–Crippen LogP) is 4.11. The minimum atomic E-state index is -0.367. The molecular weight excluding hydrogens is 369 g/mol. The van der Waals surface area contributed by atoms with Gasteiger partial charge in [-0.3, -0.25) is 4.79 Å². The lowest BCUT2D eigenvalue weighted by Gasteiger charge is -2.32. The molecule has 0 saturated carbocycles. The van der Waals surface area contributed by atoms with Gasteiger partial charge in [0, 0.05) is 19.3 Å². The molecule has 1 aromatic heterocycles. The number of piperidine rings is 1. The number of hydrogen-bond donors (Lipinski definition) is 0. The Morgan fingerprint density at radius 1 is 1.14 bits per heavy atom. The molecule has 4 rings (SSSR count). The van der Waals surface area contributed by atoms with E-state index in [4.69, 9.17) is 4.74 Å². The van der Waals surface area contributed by atoms with Crippen LogP contribution in [-0.2, 0) is 6.42 Å². The Hall–Kier alpha value is -3.15. The Bertz CT molecular complexity index is 976. The zero-order valence-electron chi connectivity index (χ0n) is 16.4. The lowest BCUT2D eigenvalue weighted by atomic mass is 9.90. The van der Waals surface area contributed by atoms with Crippen LogP contribution < -0.4 is 4.74 Å².